The Balaban J connectivity index is 2.07. The number of rotatable bonds is 2. The second-order valence-corrected chi connectivity index (χ2v) is 3.94. The smallest absolute Gasteiger partial charge is 0.267 e. The Morgan fingerprint density at radius 1 is 1.29 bits per heavy atom. The molecule has 0 N–H and O–H groups in total. The summed E-state index contributed by atoms with van der Waals surface area (Å²) in [6, 6.07) is 5.64. The van der Waals surface area contributed by atoms with Crippen LogP contribution >= 0.6 is 0 Å². The van der Waals surface area contributed by atoms with Crippen molar-refractivity contribution in [3.63, 3.8) is 0 Å². The molecule has 0 radical (unpaired) electrons. The molecule has 0 bridgehead atoms. The molecule has 4 nitrogen and oxygen atoms in total. The average molecular weight is 225 g/mol. The maximum Gasteiger partial charge on any atom is 0.274 e. The first kappa shape index (κ1) is 9.96. The lowest BCUT2D eigenvalue weighted by molar-refractivity contribution is 0.621. The zero-order valence-corrected chi connectivity index (χ0v) is 9.21. The fourth-order valence-electron chi connectivity index (χ4n) is 1.95. The predicted molar refractivity (Wildman–Crippen MR) is 64.6 cm³/mol. The molecule has 0 aliphatic heterocycles. The van der Waals surface area contributed by atoms with Crippen molar-refractivity contribution < 1.29 is 0 Å². The van der Waals surface area contributed by atoms with Crippen molar-refractivity contribution in [2.75, 3.05) is 0 Å². The molecule has 1 aliphatic carbocycles. The topological polar surface area (TPSA) is 47.8 Å². The molecule has 17 heavy (non-hydrogen) atoms. The third kappa shape index (κ3) is 1.78. The number of pyridine rings is 1. The van der Waals surface area contributed by atoms with E-state index in [4.69, 9.17) is 0 Å². The van der Waals surface area contributed by atoms with Gasteiger partial charge in [-0.25, -0.2) is 4.68 Å². The van der Waals surface area contributed by atoms with Crippen molar-refractivity contribution in [2.24, 2.45) is 0 Å². The normalized spacial score (nSPS) is 12.7. The van der Waals surface area contributed by atoms with E-state index in [1.165, 1.54) is 4.68 Å². The second-order valence-electron chi connectivity index (χ2n) is 3.94. The highest BCUT2D eigenvalue weighted by Gasteiger charge is 2.04. The number of nitrogens with zero attached hydrogens (tertiary/aromatic N) is 3. The molecule has 0 atom stereocenters. The van der Waals surface area contributed by atoms with Gasteiger partial charge in [0.2, 0.25) is 0 Å². The van der Waals surface area contributed by atoms with Crippen molar-refractivity contribution in [1.82, 2.24) is 14.8 Å². The van der Waals surface area contributed by atoms with Crippen LogP contribution < -0.4 is 16.0 Å². The van der Waals surface area contributed by atoms with E-state index in [2.05, 4.69) is 10.1 Å². The van der Waals surface area contributed by atoms with Gasteiger partial charge in [-0.05, 0) is 18.6 Å². The molecule has 3 rings (SSSR count). The molecule has 0 aromatic carbocycles. The number of hydrogen-bond donors (Lipinski definition) is 0. The predicted octanol–water partition coefficient (Wildman–Crippen LogP) is -0.349. The molecule has 2 aromatic rings. The van der Waals surface area contributed by atoms with Crippen LogP contribution in [0.2, 0.25) is 0 Å². The molecule has 84 valence electrons. The molecule has 0 saturated heterocycles. The summed E-state index contributed by atoms with van der Waals surface area (Å²) < 4.78 is 1.46. The van der Waals surface area contributed by atoms with E-state index in [1.807, 2.05) is 30.4 Å². The van der Waals surface area contributed by atoms with E-state index >= 15 is 0 Å². The Morgan fingerprint density at radius 2 is 2.24 bits per heavy atom. The van der Waals surface area contributed by atoms with Gasteiger partial charge in [0, 0.05) is 16.6 Å². The summed E-state index contributed by atoms with van der Waals surface area (Å²) >= 11 is 0. The van der Waals surface area contributed by atoms with Crippen LogP contribution in [0, 0.1) is 0 Å². The molecule has 1 aliphatic rings. The molecule has 0 spiro atoms. The Kier molecular flexibility index (Phi) is 2.33. The highest BCUT2D eigenvalue weighted by Crippen LogP contribution is 1.93. The van der Waals surface area contributed by atoms with Crippen LogP contribution in [0.15, 0.2) is 35.4 Å². The molecule has 2 heterocycles. The lowest BCUT2D eigenvalue weighted by Crippen LogP contribution is -2.44. The number of aromatic nitrogens is 3. The summed E-state index contributed by atoms with van der Waals surface area (Å²) in [5.41, 5.74) is 0.797. The third-order valence-electron chi connectivity index (χ3n) is 2.81. The fourth-order valence-corrected chi connectivity index (χ4v) is 1.95. The SMILES string of the molecule is O=c1c2c(cnn1Cc1ccccn1)=CCC=2. The van der Waals surface area contributed by atoms with Gasteiger partial charge in [0.05, 0.1) is 18.4 Å². The molecule has 0 unspecified atom stereocenters. The molecular formula is C13H11N3O. The van der Waals surface area contributed by atoms with Gasteiger partial charge >= 0.3 is 0 Å². The average Bonchev–Trinajstić information content (AvgIpc) is 2.83. The van der Waals surface area contributed by atoms with Crippen molar-refractivity contribution in [3.05, 3.63) is 57.1 Å². The van der Waals surface area contributed by atoms with Gasteiger partial charge in [0.25, 0.3) is 5.56 Å². The lowest BCUT2D eigenvalue weighted by atomic mass is 10.3. The van der Waals surface area contributed by atoms with Gasteiger partial charge in [-0.1, -0.05) is 18.2 Å². The van der Waals surface area contributed by atoms with Crippen LogP contribution in [0.5, 0.6) is 0 Å². The second kappa shape index (κ2) is 3.97. The highest BCUT2D eigenvalue weighted by molar-refractivity contribution is 5.44. The fraction of sp³-hybridized carbons (Fsp3) is 0.154. The minimum Gasteiger partial charge on any atom is -0.267 e. The number of hydrogen-bond acceptors (Lipinski definition) is 3. The van der Waals surface area contributed by atoms with E-state index < -0.39 is 0 Å². The van der Waals surface area contributed by atoms with Crippen LogP contribution in [0.4, 0.5) is 0 Å². The molecule has 0 fully saturated rings. The Hall–Kier alpha value is -2.23. The van der Waals surface area contributed by atoms with E-state index in [1.54, 1.807) is 12.4 Å². The van der Waals surface area contributed by atoms with Crippen molar-refractivity contribution >= 4 is 12.2 Å². The molecule has 2 aromatic heterocycles. The monoisotopic (exact) mass is 225 g/mol. The van der Waals surface area contributed by atoms with Gasteiger partial charge in [0.15, 0.2) is 0 Å². The van der Waals surface area contributed by atoms with E-state index in [-0.39, 0.29) is 5.56 Å². The maximum atomic E-state index is 12.1. The zero-order chi connectivity index (χ0) is 11.7. The Labute approximate surface area is 97.6 Å². The van der Waals surface area contributed by atoms with Crippen LogP contribution in [0.3, 0.4) is 0 Å². The zero-order valence-electron chi connectivity index (χ0n) is 9.21. The molecular weight excluding hydrogens is 214 g/mol. The minimum atomic E-state index is -0.0399. The van der Waals surface area contributed by atoms with Gasteiger partial charge in [0.1, 0.15) is 0 Å². The van der Waals surface area contributed by atoms with Crippen molar-refractivity contribution in [1.29, 1.82) is 0 Å². The van der Waals surface area contributed by atoms with Crippen molar-refractivity contribution in [2.45, 2.75) is 13.0 Å². The quantitative estimate of drug-likeness (QED) is 0.702. The first-order valence-electron chi connectivity index (χ1n) is 5.51. The molecule has 0 saturated carbocycles. The third-order valence-corrected chi connectivity index (χ3v) is 2.81. The van der Waals surface area contributed by atoms with Gasteiger partial charge in [-0.2, -0.15) is 5.10 Å². The van der Waals surface area contributed by atoms with Crippen LogP contribution in [-0.4, -0.2) is 14.8 Å². The van der Waals surface area contributed by atoms with Gasteiger partial charge in [-0.3, -0.25) is 9.78 Å². The lowest BCUT2D eigenvalue weighted by Gasteiger charge is -2.02. The summed E-state index contributed by atoms with van der Waals surface area (Å²) in [6.45, 7) is 0.417. The maximum absolute atomic E-state index is 12.1. The van der Waals surface area contributed by atoms with E-state index in [0.29, 0.717) is 6.54 Å². The Morgan fingerprint density at radius 3 is 3.06 bits per heavy atom. The largest absolute Gasteiger partial charge is 0.274 e. The van der Waals surface area contributed by atoms with Crippen molar-refractivity contribution in [3.8, 4) is 0 Å². The molecule has 4 heteroatoms. The summed E-state index contributed by atoms with van der Waals surface area (Å²) in [4.78, 5) is 16.3. The summed E-state index contributed by atoms with van der Waals surface area (Å²) in [6.07, 6.45) is 8.22. The van der Waals surface area contributed by atoms with Gasteiger partial charge < -0.3 is 0 Å². The summed E-state index contributed by atoms with van der Waals surface area (Å²) in [5.74, 6) is 0. The van der Waals surface area contributed by atoms with E-state index in [9.17, 15) is 4.79 Å². The Bertz CT molecular complexity index is 717. The standard InChI is InChI=1S/C13H11N3O/c17-13-12-6-3-4-10(12)8-15-16(13)9-11-5-1-2-7-14-11/h1-2,4-8H,3,9H2. The van der Waals surface area contributed by atoms with Crippen LogP contribution in [-0.2, 0) is 6.54 Å². The van der Waals surface area contributed by atoms with Gasteiger partial charge in [-0.15, -0.1) is 0 Å². The first-order chi connectivity index (χ1) is 8.34. The number of fused-ring (bicyclic) bond motifs is 1. The summed E-state index contributed by atoms with van der Waals surface area (Å²) in [7, 11) is 0. The minimum absolute atomic E-state index is 0.0399. The highest BCUT2D eigenvalue weighted by atomic mass is 16.1. The van der Waals surface area contributed by atoms with E-state index in [0.717, 1.165) is 22.6 Å². The summed E-state index contributed by atoms with van der Waals surface area (Å²) in [5, 5.41) is 5.86. The molecule has 0 amide bonds. The first-order valence-corrected chi connectivity index (χ1v) is 5.51. The van der Waals surface area contributed by atoms with Crippen LogP contribution in [0.25, 0.3) is 12.2 Å². The van der Waals surface area contributed by atoms with Crippen LogP contribution in [0.1, 0.15) is 12.1 Å².